The van der Waals surface area contributed by atoms with E-state index < -0.39 is 0 Å². The van der Waals surface area contributed by atoms with E-state index in [1.54, 1.807) is 17.0 Å². The minimum absolute atomic E-state index is 0.0467. The Balaban J connectivity index is 1.94. The Morgan fingerprint density at radius 1 is 1.45 bits per heavy atom. The first-order valence-corrected chi connectivity index (χ1v) is 6.75. The number of benzene rings is 1. The molecule has 1 aromatic carbocycles. The van der Waals surface area contributed by atoms with Gasteiger partial charge in [0.1, 0.15) is 0 Å². The third-order valence-corrected chi connectivity index (χ3v) is 3.26. The molecule has 1 unspecified atom stereocenters. The smallest absolute Gasteiger partial charge is 0.321 e. The summed E-state index contributed by atoms with van der Waals surface area (Å²) in [4.78, 5) is 24.9. The van der Waals surface area contributed by atoms with Gasteiger partial charge < -0.3 is 16.4 Å². The summed E-state index contributed by atoms with van der Waals surface area (Å²) in [6.07, 6.45) is 0.410. The van der Waals surface area contributed by atoms with E-state index in [1.165, 1.54) is 0 Å². The summed E-state index contributed by atoms with van der Waals surface area (Å²) < 4.78 is 0. The molecule has 0 saturated carbocycles. The molecule has 0 bridgehead atoms. The van der Waals surface area contributed by atoms with Crippen LogP contribution >= 0.6 is 0 Å². The zero-order chi connectivity index (χ0) is 14.5. The second kappa shape index (κ2) is 6.38. The van der Waals surface area contributed by atoms with E-state index in [1.807, 2.05) is 19.1 Å². The van der Waals surface area contributed by atoms with E-state index in [0.29, 0.717) is 26.1 Å². The monoisotopic (exact) mass is 276 g/mol. The molecule has 20 heavy (non-hydrogen) atoms. The molecular weight excluding hydrogens is 256 g/mol. The molecule has 1 aromatic rings. The lowest BCUT2D eigenvalue weighted by molar-refractivity contribution is -0.116. The van der Waals surface area contributed by atoms with Gasteiger partial charge in [0.15, 0.2) is 0 Å². The maximum atomic E-state index is 11.7. The maximum Gasteiger partial charge on any atom is 0.321 e. The van der Waals surface area contributed by atoms with Gasteiger partial charge in [0.2, 0.25) is 5.91 Å². The van der Waals surface area contributed by atoms with Crippen LogP contribution in [0.1, 0.15) is 13.3 Å². The lowest BCUT2D eigenvalue weighted by Crippen LogP contribution is -2.27. The average molecular weight is 276 g/mol. The first-order chi connectivity index (χ1) is 9.60. The molecule has 1 atom stereocenters. The van der Waals surface area contributed by atoms with Crippen molar-refractivity contribution < 1.29 is 9.59 Å². The highest BCUT2D eigenvalue weighted by Gasteiger charge is 2.20. The predicted molar refractivity (Wildman–Crippen MR) is 78.7 cm³/mol. The Labute approximate surface area is 118 Å². The van der Waals surface area contributed by atoms with Crippen molar-refractivity contribution in [3.63, 3.8) is 0 Å². The van der Waals surface area contributed by atoms with Gasteiger partial charge in [-0.2, -0.15) is 0 Å². The number of rotatable bonds is 5. The summed E-state index contributed by atoms with van der Waals surface area (Å²) in [5.74, 6) is 0.122. The molecule has 3 amide bonds. The second-order valence-electron chi connectivity index (χ2n) is 5.02. The van der Waals surface area contributed by atoms with Crippen LogP contribution in [-0.4, -0.2) is 31.6 Å². The quantitative estimate of drug-likeness (QED) is 0.753. The number of carbonyl (C=O) groups is 2. The van der Waals surface area contributed by atoms with Gasteiger partial charge in [-0.25, -0.2) is 4.79 Å². The van der Waals surface area contributed by atoms with E-state index in [4.69, 9.17) is 5.73 Å². The molecule has 1 saturated heterocycles. The Morgan fingerprint density at radius 3 is 2.70 bits per heavy atom. The van der Waals surface area contributed by atoms with Crippen LogP contribution in [0.2, 0.25) is 0 Å². The van der Waals surface area contributed by atoms with Gasteiger partial charge in [0, 0.05) is 30.9 Å². The maximum absolute atomic E-state index is 11.7. The molecule has 1 heterocycles. The molecule has 1 aliphatic heterocycles. The normalized spacial score (nSPS) is 15.9. The number of hydrogen-bond donors (Lipinski definition) is 3. The zero-order valence-electron chi connectivity index (χ0n) is 11.6. The fraction of sp³-hybridized carbons (Fsp3) is 0.429. The molecule has 6 heteroatoms. The number of nitrogens with one attached hydrogen (secondary N) is 2. The molecule has 2 rings (SSSR count). The fourth-order valence-corrected chi connectivity index (χ4v) is 2.05. The van der Waals surface area contributed by atoms with Crippen LogP contribution in [0, 0.1) is 5.92 Å². The number of urea groups is 1. The molecule has 0 spiro atoms. The van der Waals surface area contributed by atoms with Gasteiger partial charge in [-0.3, -0.25) is 9.69 Å². The minimum Gasteiger partial charge on any atom is -0.336 e. The highest BCUT2D eigenvalue weighted by Crippen LogP contribution is 2.19. The van der Waals surface area contributed by atoms with Crippen molar-refractivity contribution in [1.82, 2.24) is 5.32 Å². The van der Waals surface area contributed by atoms with Crippen molar-refractivity contribution in [2.75, 3.05) is 29.9 Å². The molecule has 1 fully saturated rings. The highest BCUT2D eigenvalue weighted by atomic mass is 16.2. The van der Waals surface area contributed by atoms with Crippen LogP contribution < -0.4 is 21.3 Å². The largest absolute Gasteiger partial charge is 0.336 e. The van der Waals surface area contributed by atoms with Crippen LogP contribution in [0.4, 0.5) is 16.2 Å². The Hall–Kier alpha value is -2.08. The SMILES string of the molecule is CC(CN)CC(=O)Nc1ccc(N2CCNC2=O)cc1. The summed E-state index contributed by atoms with van der Waals surface area (Å²) in [7, 11) is 0. The van der Waals surface area contributed by atoms with Crippen LogP contribution in [-0.2, 0) is 4.79 Å². The standard InChI is InChI=1S/C14H20N4O2/c1-10(9-15)8-13(19)17-11-2-4-12(5-3-11)18-7-6-16-14(18)20/h2-5,10H,6-9,15H2,1H3,(H,16,20)(H,17,19). The van der Waals surface area contributed by atoms with Crippen LogP contribution in [0.3, 0.4) is 0 Å². The molecule has 1 aliphatic rings. The lowest BCUT2D eigenvalue weighted by Gasteiger charge is -2.15. The number of carbonyl (C=O) groups excluding carboxylic acids is 2. The summed E-state index contributed by atoms with van der Waals surface area (Å²) in [6.45, 7) is 3.76. The molecule has 0 aliphatic carbocycles. The molecular formula is C14H20N4O2. The van der Waals surface area contributed by atoms with Crippen molar-refractivity contribution in [2.24, 2.45) is 11.7 Å². The molecule has 4 N–H and O–H groups in total. The Bertz CT molecular complexity index is 486. The number of nitrogens with zero attached hydrogens (tertiary/aromatic N) is 1. The van der Waals surface area contributed by atoms with E-state index in [-0.39, 0.29) is 17.9 Å². The number of anilines is 2. The van der Waals surface area contributed by atoms with Crippen LogP contribution in [0.5, 0.6) is 0 Å². The second-order valence-corrected chi connectivity index (χ2v) is 5.02. The van der Waals surface area contributed by atoms with Crippen molar-refractivity contribution >= 4 is 23.3 Å². The van der Waals surface area contributed by atoms with Crippen molar-refractivity contribution in [3.8, 4) is 0 Å². The van der Waals surface area contributed by atoms with Crippen molar-refractivity contribution in [1.29, 1.82) is 0 Å². The lowest BCUT2D eigenvalue weighted by atomic mass is 10.1. The first kappa shape index (κ1) is 14.3. The first-order valence-electron chi connectivity index (χ1n) is 6.75. The van der Waals surface area contributed by atoms with E-state index in [9.17, 15) is 9.59 Å². The zero-order valence-corrected chi connectivity index (χ0v) is 11.6. The third kappa shape index (κ3) is 3.48. The minimum atomic E-state index is -0.0847. The summed E-state index contributed by atoms with van der Waals surface area (Å²) >= 11 is 0. The number of amides is 3. The predicted octanol–water partition coefficient (Wildman–Crippen LogP) is 1.14. The molecule has 0 aromatic heterocycles. The topological polar surface area (TPSA) is 87.5 Å². The molecule has 0 radical (unpaired) electrons. The van der Waals surface area contributed by atoms with Gasteiger partial charge in [-0.15, -0.1) is 0 Å². The van der Waals surface area contributed by atoms with Gasteiger partial charge in [-0.1, -0.05) is 6.92 Å². The Kier molecular flexibility index (Phi) is 4.57. The number of nitrogens with two attached hydrogens (primary N) is 1. The third-order valence-electron chi connectivity index (χ3n) is 3.26. The number of hydrogen-bond acceptors (Lipinski definition) is 3. The summed E-state index contributed by atoms with van der Waals surface area (Å²) in [6, 6.07) is 7.16. The van der Waals surface area contributed by atoms with Crippen molar-refractivity contribution in [3.05, 3.63) is 24.3 Å². The molecule has 6 nitrogen and oxygen atoms in total. The van der Waals surface area contributed by atoms with Gasteiger partial charge in [0.05, 0.1) is 0 Å². The fourth-order valence-electron chi connectivity index (χ4n) is 2.05. The van der Waals surface area contributed by atoms with Gasteiger partial charge >= 0.3 is 6.03 Å². The van der Waals surface area contributed by atoms with Gasteiger partial charge in [-0.05, 0) is 36.7 Å². The molecule has 108 valence electrons. The van der Waals surface area contributed by atoms with Gasteiger partial charge in [0.25, 0.3) is 0 Å². The van der Waals surface area contributed by atoms with E-state index >= 15 is 0 Å². The summed E-state index contributed by atoms with van der Waals surface area (Å²) in [5, 5.41) is 5.57. The van der Waals surface area contributed by atoms with E-state index in [2.05, 4.69) is 10.6 Å². The van der Waals surface area contributed by atoms with E-state index in [0.717, 1.165) is 11.4 Å². The van der Waals surface area contributed by atoms with Crippen LogP contribution in [0.15, 0.2) is 24.3 Å². The van der Waals surface area contributed by atoms with Crippen molar-refractivity contribution in [2.45, 2.75) is 13.3 Å². The summed E-state index contributed by atoms with van der Waals surface area (Å²) in [5.41, 5.74) is 7.04. The highest BCUT2D eigenvalue weighted by molar-refractivity contribution is 5.95. The van der Waals surface area contributed by atoms with Crippen LogP contribution in [0.25, 0.3) is 0 Å². The Morgan fingerprint density at radius 2 is 2.15 bits per heavy atom. The average Bonchev–Trinajstić information content (AvgIpc) is 2.85.